The van der Waals surface area contributed by atoms with Gasteiger partial charge in [0.15, 0.2) is 0 Å². The summed E-state index contributed by atoms with van der Waals surface area (Å²) in [5.41, 5.74) is 0. The molecule has 4 nitrogen and oxygen atoms in total. The fraction of sp³-hybridized carbons (Fsp3) is 0.909. The summed E-state index contributed by atoms with van der Waals surface area (Å²) in [6, 6.07) is 0. The number of nitrogens with zero attached hydrogens (tertiary/aromatic N) is 1. The van der Waals surface area contributed by atoms with E-state index >= 15 is 0 Å². The molecule has 0 fully saturated rings. The van der Waals surface area contributed by atoms with Crippen LogP contribution in [0.5, 0.6) is 0 Å². The van der Waals surface area contributed by atoms with Crippen molar-refractivity contribution in [2.45, 2.75) is 40.2 Å². The predicted molar refractivity (Wildman–Crippen MR) is 62.2 cm³/mol. The summed E-state index contributed by atoms with van der Waals surface area (Å²) >= 11 is 0. The molecule has 0 aliphatic carbocycles. The summed E-state index contributed by atoms with van der Waals surface area (Å²) in [6.07, 6.45) is 0.874. The number of hydrogen-bond acceptors (Lipinski definition) is 3. The molecule has 4 heteroatoms. The van der Waals surface area contributed by atoms with Crippen molar-refractivity contribution in [1.82, 2.24) is 4.90 Å². The first-order valence-electron chi connectivity index (χ1n) is 5.62. The number of hydrogen-bond donors (Lipinski definition) is 1. The molecule has 0 amide bonds. The SMILES string of the molecule is CC.CCC(CN(C)CC)OCC(=O)O. The van der Waals surface area contributed by atoms with Crippen molar-refractivity contribution in [3.05, 3.63) is 0 Å². The Morgan fingerprint density at radius 1 is 1.40 bits per heavy atom. The molecule has 1 N–H and O–H groups in total. The molecule has 0 aromatic heterocycles. The minimum absolute atomic E-state index is 0.0287. The van der Waals surface area contributed by atoms with E-state index < -0.39 is 5.97 Å². The Bertz CT molecular complexity index is 151. The van der Waals surface area contributed by atoms with Gasteiger partial charge in [-0.3, -0.25) is 0 Å². The molecule has 92 valence electrons. The lowest BCUT2D eigenvalue weighted by Crippen LogP contribution is -2.31. The first-order valence-corrected chi connectivity index (χ1v) is 5.62. The number of carboxylic acids is 1. The maximum atomic E-state index is 10.2. The average molecular weight is 219 g/mol. The zero-order valence-corrected chi connectivity index (χ0v) is 10.6. The Kier molecular flexibility index (Phi) is 12.8. The van der Waals surface area contributed by atoms with Crippen LogP contribution >= 0.6 is 0 Å². The third kappa shape index (κ3) is 11.3. The Hall–Kier alpha value is -0.610. The fourth-order valence-corrected chi connectivity index (χ4v) is 0.966. The quantitative estimate of drug-likeness (QED) is 0.710. The molecule has 0 saturated carbocycles. The van der Waals surface area contributed by atoms with E-state index in [0.717, 1.165) is 19.5 Å². The Morgan fingerprint density at radius 3 is 2.27 bits per heavy atom. The maximum Gasteiger partial charge on any atom is 0.329 e. The van der Waals surface area contributed by atoms with Crippen molar-refractivity contribution in [3.8, 4) is 0 Å². The van der Waals surface area contributed by atoms with Gasteiger partial charge in [-0.2, -0.15) is 0 Å². The largest absolute Gasteiger partial charge is 0.480 e. The highest BCUT2D eigenvalue weighted by Gasteiger charge is 2.10. The molecule has 15 heavy (non-hydrogen) atoms. The normalized spacial score (nSPS) is 11.9. The van der Waals surface area contributed by atoms with E-state index in [1.807, 2.05) is 27.8 Å². The van der Waals surface area contributed by atoms with Crippen molar-refractivity contribution in [2.75, 3.05) is 26.7 Å². The predicted octanol–water partition coefficient (Wildman–Crippen LogP) is 1.84. The molecule has 1 unspecified atom stereocenters. The zero-order chi connectivity index (χ0) is 12.3. The van der Waals surface area contributed by atoms with Crippen LogP contribution in [-0.4, -0.2) is 48.8 Å². The average Bonchev–Trinajstić information content (AvgIpc) is 2.26. The van der Waals surface area contributed by atoms with Crippen LogP contribution in [-0.2, 0) is 9.53 Å². The van der Waals surface area contributed by atoms with Crippen molar-refractivity contribution in [1.29, 1.82) is 0 Å². The number of rotatable bonds is 7. The number of likely N-dealkylation sites (N-methyl/N-ethyl adjacent to an activating group) is 1. The van der Waals surface area contributed by atoms with Gasteiger partial charge < -0.3 is 14.7 Å². The first-order chi connectivity index (χ1) is 7.10. The van der Waals surface area contributed by atoms with E-state index in [0.29, 0.717) is 0 Å². The number of carbonyl (C=O) groups is 1. The standard InChI is InChI=1S/C9H19NO3.C2H6/c1-4-8(6-10(3)5-2)13-7-9(11)12;1-2/h8H,4-7H2,1-3H3,(H,11,12);1-2H3. The molecule has 0 aromatic rings. The molecule has 0 aliphatic rings. The molecular weight excluding hydrogens is 194 g/mol. The molecular formula is C11H25NO3. The van der Waals surface area contributed by atoms with Crippen LogP contribution in [0, 0.1) is 0 Å². The van der Waals surface area contributed by atoms with Crippen LogP contribution in [0.25, 0.3) is 0 Å². The molecule has 0 radical (unpaired) electrons. The van der Waals surface area contributed by atoms with Crippen molar-refractivity contribution in [3.63, 3.8) is 0 Å². The summed E-state index contributed by atoms with van der Waals surface area (Å²) in [5, 5.41) is 8.41. The van der Waals surface area contributed by atoms with Gasteiger partial charge in [-0.05, 0) is 20.0 Å². The molecule has 0 bridgehead atoms. The molecule has 0 saturated heterocycles. The van der Waals surface area contributed by atoms with Gasteiger partial charge in [0.05, 0.1) is 6.10 Å². The minimum Gasteiger partial charge on any atom is -0.480 e. The molecule has 0 heterocycles. The number of ether oxygens (including phenoxy) is 1. The van der Waals surface area contributed by atoms with Gasteiger partial charge in [0, 0.05) is 6.54 Å². The van der Waals surface area contributed by atoms with E-state index in [1.165, 1.54) is 0 Å². The molecule has 0 aliphatic heterocycles. The first kappa shape index (κ1) is 16.8. The molecule has 0 rings (SSSR count). The topological polar surface area (TPSA) is 49.8 Å². The third-order valence-electron chi connectivity index (χ3n) is 1.95. The Morgan fingerprint density at radius 2 is 1.93 bits per heavy atom. The monoisotopic (exact) mass is 219 g/mol. The highest BCUT2D eigenvalue weighted by atomic mass is 16.5. The lowest BCUT2D eigenvalue weighted by atomic mass is 10.2. The van der Waals surface area contributed by atoms with Crippen LogP contribution in [0.3, 0.4) is 0 Å². The summed E-state index contributed by atoms with van der Waals surface area (Å²) in [4.78, 5) is 12.3. The van der Waals surface area contributed by atoms with Crippen LogP contribution in [0.4, 0.5) is 0 Å². The lowest BCUT2D eigenvalue weighted by molar-refractivity contribution is -0.144. The van der Waals surface area contributed by atoms with E-state index in [9.17, 15) is 4.79 Å². The van der Waals surface area contributed by atoms with Crippen LogP contribution < -0.4 is 0 Å². The maximum absolute atomic E-state index is 10.2. The van der Waals surface area contributed by atoms with Gasteiger partial charge in [-0.15, -0.1) is 0 Å². The Labute approximate surface area is 93.2 Å². The van der Waals surface area contributed by atoms with E-state index in [2.05, 4.69) is 11.8 Å². The molecule has 0 aromatic carbocycles. The second kappa shape index (κ2) is 11.5. The lowest BCUT2D eigenvalue weighted by Gasteiger charge is -2.21. The van der Waals surface area contributed by atoms with E-state index in [1.54, 1.807) is 0 Å². The second-order valence-electron chi connectivity index (χ2n) is 3.09. The van der Waals surface area contributed by atoms with Gasteiger partial charge in [-0.1, -0.05) is 27.7 Å². The van der Waals surface area contributed by atoms with Gasteiger partial charge >= 0.3 is 5.97 Å². The van der Waals surface area contributed by atoms with Crippen molar-refractivity contribution < 1.29 is 14.6 Å². The summed E-state index contributed by atoms with van der Waals surface area (Å²) in [7, 11) is 1.99. The van der Waals surface area contributed by atoms with Crippen molar-refractivity contribution in [2.24, 2.45) is 0 Å². The van der Waals surface area contributed by atoms with Gasteiger partial charge in [0.25, 0.3) is 0 Å². The molecule has 1 atom stereocenters. The third-order valence-corrected chi connectivity index (χ3v) is 1.95. The number of aliphatic carboxylic acids is 1. The van der Waals surface area contributed by atoms with E-state index in [-0.39, 0.29) is 12.7 Å². The summed E-state index contributed by atoms with van der Waals surface area (Å²) in [6.45, 7) is 9.60. The van der Waals surface area contributed by atoms with Crippen LogP contribution in [0.2, 0.25) is 0 Å². The van der Waals surface area contributed by atoms with Crippen LogP contribution in [0.1, 0.15) is 34.1 Å². The number of carboxylic acid groups (broad SMARTS) is 1. The Balaban J connectivity index is 0. The fourth-order valence-electron chi connectivity index (χ4n) is 0.966. The van der Waals surface area contributed by atoms with Crippen molar-refractivity contribution >= 4 is 5.97 Å². The van der Waals surface area contributed by atoms with Gasteiger partial charge in [0.2, 0.25) is 0 Å². The highest BCUT2D eigenvalue weighted by molar-refractivity contribution is 5.68. The summed E-state index contributed by atoms with van der Waals surface area (Å²) in [5.74, 6) is -0.905. The molecule has 0 spiro atoms. The van der Waals surface area contributed by atoms with Gasteiger partial charge in [-0.25, -0.2) is 4.79 Å². The smallest absolute Gasteiger partial charge is 0.329 e. The zero-order valence-electron chi connectivity index (χ0n) is 10.6. The van der Waals surface area contributed by atoms with Crippen LogP contribution in [0.15, 0.2) is 0 Å². The van der Waals surface area contributed by atoms with Gasteiger partial charge in [0.1, 0.15) is 6.61 Å². The second-order valence-corrected chi connectivity index (χ2v) is 3.09. The van der Waals surface area contributed by atoms with E-state index in [4.69, 9.17) is 9.84 Å². The minimum atomic E-state index is -0.905. The highest BCUT2D eigenvalue weighted by Crippen LogP contribution is 2.00. The summed E-state index contributed by atoms with van der Waals surface area (Å²) < 4.78 is 5.18.